The van der Waals surface area contributed by atoms with E-state index in [2.05, 4.69) is 27.9 Å². The van der Waals surface area contributed by atoms with Crippen molar-refractivity contribution in [1.29, 1.82) is 0 Å². The van der Waals surface area contributed by atoms with E-state index in [0.29, 0.717) is 18.8 Å². The van der Waals surface area contributed by atoms with Gasteiger partial charge in [-0.25, -0.2) is 4.98 Å². The largest absolute Gasteiger partial charge is 0.494 e. The van der Waals surface area contributed by atoms with Gasteiger partial charge in [-0.1, -0.05) is 30.3 Å². The summed E-state index contributed by atoms with van der Waals surface area (Å²) < 4.78 is 8.03. The minimum Gasteiger partial charge on any atom is -0.494 e. The SMILES string of the molecule is Cc1cccc(OCCCn2c(CNC(=O)c3ccccn3)nc3ccccc32)c1. The zero-order chi connectivity index (χ0) is 20.8. The third-order valence-corrected chi connectivity index (χ3v) is 4.82. The molecule has 0 bridgehead atoms. The Morgan fingerprint density at radius 2 is 1.93 bits per heavy atom. The lowest BCUT2D eigenvalue weighted by Crippen LogP contribution is -2.25. The summed E-state index contributed by atoms with van der Waals surface area (Å²) in [6.07, 6.45) is 2.44. The van der Waals surface area contributed by atoms with Crippen LogP contribution in [0.15, 0.2) is 72.9 Å². The topological polar surface area (TPSA) is 69.0 Å². The second-order valence-electron chi connectivity index (χ2n) is 7.08. The number of nitrogens with one attached hydrogen (secondary N) is 1. The van der Waals surface area contributed by atoms with E-state index in [1.54, 1.807) is 24.4 Å². The second kappa shape index (κ2) is 9.22. The molecule has 6 nitrogen and oxygen atoms in total. The molecular weight excluding hydrogens is 376 g/mol. The first-order chi connectivity index (χ1) is 14.7. The number of nitrogens with zero attached hydrogens (tertiary/aromatic N) is 3. The highest BCUT2D eigenvalue weighted by Gasteiger charge is 2.13. The van der Waals surface area contributed by atoms with Crippen molar-refractivity contribution in [2.75, 3.05) is 6.61 Å². The van der Waals surface area contributed by atoms with E-state index in [-0.39, 0.29) is 5.91 Å². The molecule has 2 aromatic carbocycles. The number of carbonyl (C=O) groups excluding carboxylic acids is 1. The molecule has 0 spiro atoms. The van der Waals surface area contributed by atoms with Crippen LogP contribution in [0.25, 0.3) is 11.0 Å². The number of fused-ring (bicyclic) bond motifs is 1. The number of hydrogen-bond donors (Lipinski definition) is 1. The molecule has 0 aliphatic heterocycles. The molecule has 4 aromatic rings. The van der Waals surface area contributed by atoms with Crippen molar-refractivity contribution in [3.8, 4) is 5.75 Å². The van der Waals surface area contributed by atoms with Gasteiger partial charge in [0.15, 0.2) is 0 Å². The van der Waals surface area contributed by atoms with E-state index in [1.807, 2.05) is 42.5 Å². The Hall–Kier alpha value is -3.67. The maximum absolute atomic E-state index is 12.4. The number of pyridine rings is 1. The summed E-state index contributed by atoms with van der Waals surface area (Å²) in [6, 6.07) is 21.3. The van der Waals surface area contributed by atoms with E-state index in [0.717, 1.165) is 35.6 Å². The van der Waals surface area contributed by atoms with E-state index in [9.17, 15) is 4.79 Å². The van der Waals surface area contributed by atoms with Crippen LogP contribution in [0.3, 0.4) is 0 Å². The molecule has 0 saturated carbocycles. The van der Waals surface area contributed by atoms with Crippen molar-refractivity contribution in [2.24, 2.45) is 0 Å². The summed E-state index contributed by atoms with van der Waals surface area (Å²) >= 11 is 0. The van der Waals surface area contributed by atoms with Crippen molar-refractivity contribution in [2.45, 2.75) is 26.4 Å². The van der Waals surface area contributed by atoms with Gasteiger partial charge in [-0.15, -0.1) is 0 Å². The van der Waals surface area contributed by atoms with Crippen LogP contribution in [0.1, 0.15) is 28.3 Å². The van der Waals surface area contributed by atoms with Gasteiger partial charge in [0.2, 0.25) is 0 Å². The predicted molar refractivity (Wildman–Crippen MR) is 116 cm³/mol. The van der Waals surface area contributed by atoms with Crippen LogP contribution in [0.4, 0.5) is 0 Å². The zero-order valence-electron chi connectivity index (χ0n) is 16.9. The fourth-order valence-corrected chi connectivity index (χ4v) is 3.37. The minimum atomic E-state index is -0.211. The molecule has 4 rings (SSSR count). The average Bonchev–Trinajstić information content (AvgIpc) is 3.13. The van der Waals surface area contributed by atoms with Gasteiger partial charge in [-0.2, -0.15) is 0 Å². The molecule has 0 fully saturated rings. The second-order valence-corrected chi connectivity index (χ2v) is 7.08. The molecule has 152 valence electrons. The third-order valence-electron chi connectivity index (χ3n) is 4.82. The number of para-hydroxylation sites is 2. The summed E-state index contributed by atoms with van der Waals surface area (Å²) in [5.41, 5.74) is 3.54. The van der Waals surface area contributed by atoms with Gasteiger partial charge in [-0.3, -0.25) is 9.78 Å². The Balaban J connectivity index is 1.43. The number of aryl methyl sites for hydroxylation is 2. The van der Waals surface area contributed by atoms with Gasteiger partial charge in [-0.05, 0) is 55.3 Å². The summed E-state index contributed by atoms with van der Waals surface area (Å²) in [7, 11) is 0. The molecule has 2 heterocycles. The molecular formula is C24H24N4O2. The number of imidazole rings is 1. The summed E-state index contributed by atoms with van der Waals surface area (Å²) in [6.45, 7) is 3.75. The molecule has 1 amide bonds. The van der Waals surface area contributed by atoms with E-state index in [1.165, 1.54) is 5.56 Å². The lowest BCUT2D eigenvalue weighted by atomic mass is 10.2. The standard InChI is InChI=1S/C24H24N4O2/c1-18-8-6-9-19(16-18)30-15-7-14-28-22-12-3-2-10-20(22)27-23(28)17-26-24(29)21-11-4-5-13-25-21/h2-6,8-13,16H,7,14-15,17H2,1H3,(H,26,29). The van der Waals surface area contributed by atoms with Gasteiger partial charge in [0.1, 0.15) is 17.3 Å². The Bertz CT molecular complexity index is 1140. The van der Waals surface area contributed by atoms with Crippen LogP contribution in [-0.4, -0.2) is 27.0 Å². The maximum Gasteiger partial charge on any atom is 0.270 e. The summed E-state index contributed by atoms with van der Waals surface area (Å²) in [5.74, 6) is 1.49. The van der Waals surface area contributed by atoms with Gasteiger partial charge < -0.3 is 14.6 Å². The number of aromatic nitrogens is 3. The molecule has 2 aromatic heterocycles. The molecule has 0 aliphatic rings. The molecule has 0 radical (unpaired) electrons. The quantitative estimate of drug-likeness (QED) is 0.451. The van der Waals surface area contributed by atoms with Crippen LogP contribution >= 0.6 is 0 Å². The summed E-state index contributed by atoms with van der Waals surface area (Å²) in [4.78, 5) is 21.2. The average molecular weight is 400 g/mol. The first kappa shape index (κ1) is 19.6. The zero-order valence-corrected chi connectivity index (χ0v) is 16.9. The van der Waals surface area contributed by atoms with Crippen molar-refractivity contribution in [3.63, 3.8) is 0 Å². The van der Waals surface area contributed by atoms with Crippen molar-refractivity contribution in [1.82, 2.24) is 19.9 Å². The third kappa shape index (κ3) is 4.66. The minimum absolute atomic E-state index is 0.211. The van der Waals surface area contributed by atoms with Crippen LogP contribution < -0.4 is 10.1 Å². The Morgan fingerprint density at radius 3 is 2.77 bits per heavy atom. The number of ether oxygens (including phenoxy) is 1. The fourth-order valence-electron chi connectivity index (χ4n) is 3.37. The normalized spacial score (nSPS) is 10.8. The van der Waals surface area contributed by atoms with Gasteiger partial charge in [0.05, 0.1) is 24.2 Å². The highest BCUT2D eigenvalue weighted by atomic mass is 16.5. The van der Waals surface area contributed by atoms with Crippen LogP contribution in [0.5, 0.6) is 5.75 Å². The number of amides is 1. The predicted octanol–water partition coefficient (Wildman–Crippen LogP) is 4.14. The van der Waals surface area contributed by atoms with Gasteiger partial charge in [0, 0.05) is 12.7 Å². The van der Waals surface area contributed by atoms with Crippen LogP contribution in [-0.2, 0) is 13.1 Å². The van der Waals surface area contributed by atoms with Crippen LogP contribution in [0.2, 0.25) is 0 Å². The maximum atomic E-state index is 12.4. The monoisotopic (exact) mass is 400 g/mol. The molecule has 1 N–H and O–H groups in total. The lowest BCUT2D eigenvalue weighted by Gasteiger charge is -2.11. The molecule has 30 heavy (non-hydrogen) atoms. The highest BCUT2D eigenvalue weighted by molar-refractivity contribution is 5.92. The van der Waals surface area contributed by atoms with Crippen LogP contribution in [0, 0.1) is 6.92 Å². The number of benzene rings is 2. The highest BCUT2D eigenvalue weighted by Crippen LogP contribution is 2.17. The number of rotatable bonds is 8. The van der Waals surface area contributed by atoms with Gasteiger partial charge in [0.25, 0.3) is 5.91 Å². The molecule has 0 saturated heterocycles. The Kier molecular flexibility index (Phi) is 6.03. The number of hydrogen-bond acceptors (Lipinski definition) is 4. The lowest BCUT2D eigenvalue weighted by molar-refractivity contribution is 0.0944. The Labute approximate surface area is 175 Å². The molecule has 0 unspecified atom stereocenters. The molecule has 0 aliphatic carbocycles. The van der Waals surface area contributed by atoms with E-state index < -0.39 is 0 Å². The molecule has 6 heteroatoms. The molecule has 0 atom stereocenters. The summed E-state index contributed by atoms with van der Waals surface area (Å²) in [5, 5.41) is 2.92. The first-order valence-electron chi connectivity index (χ1n) is 10.0. The van der Waals surface area contributed by atoms with Crippen molar-refractivity contribution in [3.05, 3.63) is 90.0 Å². The van der Waals surface area contributed by atoms with E-state index in [4.69, 9.17) is 9.72 Å². The smallest absolute Gasteiger partial charge is 0.270 e. The van der Waals surface area contributed by atoms with Crippen molar-refractivity contribution < 1.29 is 9.53 Å². The number of carbonyl (C=O) groups is 1. The van der Waals surface area contributed by atoms with Crippen molar-refractivity contribution >= 4 is 16.9 Å². The first-order valence-corrected chi connectivity index (χ1v) is 10.0. The Morgan fingerprint density at radius 1 is 1.07 bits per heavy atom. The fraction of sp³-hybridized carbons (Fsp3) is 0.208. The van der Waals surface area contributed by atoms with E-state index >= 15 is 0 Å². The van der Waals surface area contributed by atoms with Gasteiger partial charge >= 0.3 is 0 Å².